The van der Waals surface area contributed by atoms with Crippen molar-refractivity contribution in [2.75, 3.05) is 33.2 Å². The van der Waals surface area contributed by atoms with E-state index >= 15 is 0 Å². The van der Waals surface area contributed by atoms with Gasteiger partial charge in [0.25, 0.3) is 0 Å². The molecule has 0 saturated carbocycles. The van der Waals surface area contributed by atoms with Crippen LogP contribution in [0.3, 0.4) is 0 Å². The highest BCUT2D eigenvalue weighted by Gasteiger charge is 2.29. The van der Waals surface area contributed by atoms with Crippen LogP contribution >= 0.6 is 0 Å². The number of carbonyl (C=O) groups excluding carboxylic acids is 1. The summed E-state index contributed by atoms with van der Waals surface area (Å²) >= 11 is 0. The Morgan fingerprint density at radius 1 is 1.40 bits per heavy atom. The maximum Gasteiger partial charge on any atom is 0.320 e. The van der Waals surface area contributed by atoms with Crippen molar-refractivity contribution in [3.8, 4) is 0 Å². The zero-order valence-corrected chi connectivity index (χ0v) is 13.0. The minimum atomic E-state index is -0.868. The van der Waals surface area contributed by atoms with Crippen molar-refractivity contribution in [2.45, 2.75) is 45.7 Å². The van der Waals surface area contributed by atoms with Crippen LogP contribution < -0.4 is 0 Å². The van der Waals surface area contributed by atoms with E-state index in [0.29, 0.717) is 6.54 Å². The summed E-state index contributed by atoms with van der Waals surface area (Å²) in [4.78, 5) is 29.3. The fourth-order valence-corrected chi connectivity index (χ4v) is 2.82. The average Bonchev–Trinajstić information content (AvgIpc) is 2.49. The summed E-state index contributed by atoms with van der Waals surface area (Å²) in [5.74, 6) is -0.868. The van der Waals surface area contributed by atoms with E-state index in [2.05, 4.69) is 18.9 Å². The highest BCUT2D eigenvalue weighted by Crippen LogP contribution is 2.14. The molecule has 20 heavy (non-hydrogen) atoms. The average molecular weight is 285 g/mol. The highest BCUT2D eigenvalue weighted by atomic mass is 16.4. The van der Waals surface area contributed by atoms with Crippen molar-refractivity contribution >= 4 is 12.0 Å². The van der Waals surface area contributed by atoms with E-state index in [1.165, 1.54) is 0 Å². The van der Waals surface area contributed by atoms with E-state index in [9.17, 15) is 9.59 Å². The van der Waals surface area contributed by atoms with Gasteiger partial charge in [-0.05, 0) is 40.8 Å². The first-order chi connectivity index (χ1) is 9.36. The minimum absolute atomic E-state index is 0.0122. The van der Waals surface area contributed by atoms with E-state index in [1.54, 1.807) is 11.8 Å². The lowest BCUT2D eigenvalue weighted by molar-refractivity contribution is -0.138. The minimum Gasteiger partial charge on any atom is -0.481 e. The normalized spacial score (nSPS) is 22.2. The zero-order chi connectivity index (χ0) is 15.3. The SMILES string of the molecule is CCN(C(=O)N1CCCN(C)CC1C)C(C)CC(=O)O. The van der Waals surface area contributed by atoms with Gasteiger partial charge in [0.15, 0.2) is 0 Å². The molecule has 0 radical (unpaired) electrons. The van der Waals surface area contributed by atoms with E-state index in [0.717, 1.165) is 26.1 Å². The lowest BCUT2D eigenvalue weighted by Crippen LogP contribution is -2.51. The predicted molar refractivity (Wildman–Crippen MR) is 77.8 cm³/mol. The summed E-state index contributed by atoms with van der Waals surface area (Å²) in [6.07, 6.45) is 0.944. The molecule has 0 aromatic heterocycles. The lowest BCUT2D eigenvalue weighted by Gasteiger charge is -2.36. The van der Waals surface area contributed by atoms with Crippen molar-refractivity contribution in [3.05, 3.63) is 0 Å². The van der Waals surface area contributed by atoms with Gasteiger partial charge in [-0.25, -0.2) is 4.79 Å². The first kappa shape index (κ1) is 16.8. The Morgan fingerprint density at radius 3 is 2.60 bits per heavy atom. The second-order valence-electron chi connectivity index (χ2n) is 5.67. The Bertz CT molecular complexity index is 349. The van der Waals surface area contributed by atoms with Gasteiger partial charge in [-0.3, -0.25) is 4.79 Å². The van der Waals surface area contributed by atoms with Crippen molar-refractivity contribution in [2.24, 2.45) is 0 Å². The van der Waals surface area contributed by atoms with Gasteiger partial charge in [-0.2, -0.15) is 0 Å². The number of hydrogen-bond donors (Lipinski definition) is 1. The molecule has 6 nitrogen and oxygen atoms in total. The summed E-state index contributed by atoms with van der Waals surface area (Å²) in [5, 5.41) is 8.89. The van der Waals surface area contributed by atoms with Gasteiger partial charge in [-0.1, -0.05) is 0 Å². The highest BCUT2D eigenvalue weighted by molar-refractivity contribution is 5.76. The van der Waals surface area contributed by atoms with Crippen LogP contribution in [0.25, 0.3) is 0 Å². The third-order valence-corrected chi connectivity index (χ3v) is 3.88. The van der Waals surface area contributed by atoms with E-state index in [4.69, 9.17) is 5.11 Å². The van der Waals surface area contributed by atoms with Crippen LogP contribution in [0.15, 0.2) is 0 Å². The van der Waals surface area contributed by atoms with Crippen LogP contribution in [0, 0.1) is 0 Å². The summed E-state index contributed by atoms with van der Waals surface area (Å²) in [7, 11) is 2.06. The van der Waals surface area contributed by atoms with E-state index in [1.807, 2.05) is 11.8 Å². The van der Waals surface area contributed by atoms with E-state index < -0.39 is 5.97 Å². The largest absolute Gasteiger partial charge is 0.481 e. The molecule has 0 aromatic carbocycles. The van der Waals surface area contributed by atoms with Crippen LogP contribution in [0.4, 0.5) is 4.79 Å². The molecule has 0 spiro atoms. The van der Waals surface area contributed by atoms with Gasteiger partial charge >= 0.3 is 12.0 Å². The lowest BCUT2D eigenvalue weighted by atomic mass is 10.2. The van der Waals surface area contributed by atoms with Gasteiger partial charge in [0.1, 0.15) is 0 Å². The number of amides is 2. The van der Waals surface area contributed by atoms with Crippen LogP contribution in [-0.4, -0.2) is 77.1 Å². The van der Waals surface area contributed by atoms with Gasteiger partial charge in [0.2, 0.25) is 0 Å². The molecule has 0 bridgehead atoms. The molecule has 1 rings (SSSR count). The summed E-state index contributed by atoms with van der Waals surface area (Å²) in [6.45, 7) is 8.86. The second-order valence-corrected chi connectivity index (χ2v) is 5.67. The van der Waals surface area contributed by atoms with Crippen LogP contribution in [0.1, 0.15) is 33.6 Å². The Balaban J connectivity index is 2.76. The number of rotatable bonds is 4. The number of carboxylic acid groups (broad SMARTS) is 1. The number of likely N-dealkylation sites (N-methyl/N-ethyl adjacent to an activating group) is 1. The number of carbonyl (C=O) groups is 2. The van der Waals surface area contributed by atoms with Crippen LogP contribution in [0.2, 0.25) is 0 Å². The molecule has 2 atom stereocenters. The van der Waals surface area contributed by atoms with Gasteiger partial charge in [0.05, 0.1) is 6.42 Å². The monoisotopic (exact) mass is 285 g/mol. The number of nitrogens with zero attached hydrogens (tertiary/aromatic N) is 3. The smallest absolute Gasteiger partial charge is 0.320 e. The molecular weight excluding hydrogens is 258 g/mol. The summed E-state index contributed by atoms with van der Waals surface area (Å²) in [5.41, 5.74) is 0. The van der Waals surface area contributed by atoms with Crippen molar-refractivity contribution in [3.63, 3.8) is 0 Å². The van der Waals surface area contributed by atoms with Crippen molar-refractivity contribution < 1.29 is 14.7 Å². The number of aliphatic carboxylic acids is 1. The van der Waals surface area contributed by atoms with Crippen LogP contribution in [0.5, 0.6) is 0 Å². The molecule has 1 saturated heterocycles. The summed E-state index contributed by atoms with van der Waals surface area (Å²) < 4.78 is 0. The van der Waals surface area contributed by atoms with Crippen LogP contribution in [-0.2, 0) is 4.79 Å². The number of urea groups is 1. The van der Waals surface area contributed by atoms with Crippen molar-refractivity contribution in [1.82, 2.24) is 14.7 Å². The Labute approximate surface area is 121 Å². The molecule has 2 unspecified atom stereocenters. The van der Waals surface area contributed by atoms with Crippen molar-refractivity contribution in [1.29, 1.82) is 0 Å². The molecule has 1 N–H and O–H groups in total. The Morgan fingerprint density at radius 2 is 2.05 bits per heavy atom. The first-order valence-corrected chi connectivity index (χ1v) is 7.34. The molecule has 1 aliphatic heterocycles. The molecule has 116 valence electrons. The fourth-order valence-electron chi connectivity index (χ4n) is 2.82. The molecule has 0 aliphatic carbocycles. The predicted octanol–water partition coefficient (Wildman–Crippen LogP) is 1.32. The van der Waals surface area contributed by atoms with E-state index in [-0.39, 0.29) is 24.5 Å². The second kappa shape index (κ2) is 7.47. The molecular formula is C14H27N3O3. The molecule has 1 fully saturated rings. The number of carboxylic acids is 1. The first-order valence-electron chi connectivity index (χ1n) is 7.34. The fraction of sp³-hybridized carbons (Fsp3) is 0.857. The quantitative estimate of drug-likeness (QED) is 0.846. The summed E-state index contributed by atoms with van der Waals surface area (Å²) in [6, 6.07) is -0.164. The standard InChI is InChI=1S/C14H27N3O3/c1-5-16(11(2)9-13(18)19)14(20)17-8-6-7-15(4)10-12(17)3/h11-12H,5-10H2,1-4H3,(H,18,19). The molecule has 6 heteroatoms. The Hall–Kier alpha value is -1.30. The third kappa shape index (κ3) is 4.37. The van der Waals surface area contributed by atoms with Gasteiger partial charge < -0.3 is 19.8 Å². The van der Waals surface area contributed by atoms with Gasteiger partial charge in [0, 0.05) is 31.7 Å². The third-order valence-electron chi connectivity index (χ3n) is 3.88. The zero-order valence-electron chi connectivity index (χ0n) is 13.0. The molecule has 0 aromatic rings. The number of hydrogen-bond acceptors (Lipinski definition) is 3. The van der Waals surface area contributed by atoms with Gasteiger partial charge in [-0.15, -0.1) is 0 Å². The Kier molecular flexibility index (Phi) is 6.26. The topological polar surface area (TPSA) is 64.1 Å². The maximum atomic E-state index is 12.7. The molecule has 1 heterocycles. The maximum absolute atomic E-state index is 12.7. The molecule has 1 aliphatic rings. The molecule has 2 amide bonds.